The molecule has 1 aliphatic carbocycles. The van der Waals surface area contributed by atoms with Gasteiger partial charge in [0.15, 0.2) is 5.82 Å². The van der Waals surface area contributed by atoms with E-state index >= 15 is 0 Å². The Morgan fingerprint density at radius 2 is 2.24 bits per heavy atom. The van der Waals surface area contributed by atoms with Crippen LogP contribution in [-0.2, 0) is 11.2 Å². The first-order valence-electron chi connectivity index (χ1n) is 7.42. The lowest BCUT2D eigenvalue weighted by molar-refractivity contribution is -0.122. The highest BCUT2D eigenvalue weighted by Gasteiger charge is 2.27. The lowest BCUT2D eigenvalue weighted by Gasteiger charge is -2.19. The zero-order valence-corrected chi connectivity index (χ0v) is 13.5. The van der Waals surface area contributed by atoms with E-state index in [1.807, 2.05) is 13.8 Å². The van der Waals surface area contributed by atoms with Crippen LogP contribution in [0, 0.1) is 5.92 Å². The summed E-state index contributed by atoms with van der Waals surface area (Å²) in [7, 11) is 0. The van der Waals surface area contributed by atoms with E-state index in [0.29, 0.717) is 37.0 Å². The average molecular weight is 317 g/mol. The number of amides is 1. The third kappa shape index (κ3) is 4.97. The fourth-order valence-corrected chi connectivity index (χ4v) is 2.61. The largest absolute Gasteiger partial charge is 0.353 e. The van der Waals surface area contributed by atoms with Crippen molar-refractivity contribution in [1.82, 2.24) is 15.5 Å². The number of nitrogens with zero attached hydrogens (tertiary/aromatic N) is 2. The van der Waals surface area contributed by atoms with Crippen molar-refractivity contribution in [2.45, 2.75) is 57.9 Å². The maximum Gasteiger partial charge on any atom is 0.227 e. The summed E-state index contributed by atoms with van der Waals surface area (Å²) >= 11 is 0. The second-order valence-electron chi connectivity index (χ2n) is 5.80. The number of nitrogens with one attached hydrogen (secondary N) is 1. The molecule has 0 spiro atoms. The molecule has 2 unspecified atom stereocenters. The van der Waals surface area contributed by atoms with Crippen molar-refractivity contribution in [3.05, 3.63) is 11.7 Å². The molecule has 1 aromatic rings. The number of rotatable bonds is 6. The third-order valence-electron chi connectivity index (χ3n) is 3.87. The van der Waals surface area contributed by atoms with E-state index in [9.17, 15) is 4.79 Å². The van der Waals surface area contributed by atoms with Crippen molar-refractivity contribution in [2.75, 3.05) is 6.54 Å². The molecule has 0 bridgehead atoms. The minimum atomic E-state index is 0. The SMILES string of the molecule is CC(C)c1noc(CCC(=O)NC2CCCC2CN)n1.Cl. The Morgan fingerprint density at radius 1 is 1.48 bits per heavy atom. The summed E-state index contributed by atoms with van der Waals surface area (Å²) in [6, 6.07) is 0.237. The Morgan fingerprint density at radius 3 is 2.86 bits per heavy atom. The maximum atomic E-state index is 11.9. The van der Waals surface area contributed by atoms with Crippen LogP contribution in [0.15, 0.2) is 4.52 Å². The molecular formula is C14H25ClN4O2. The van der Waals surface area contributed by atoms with Crippen LogP contribution in [0.25, 0.3) is 0 Å². The number of nitrogens with two attached hydrogens (primary N) is 1. The topological polar surface area (TPSA) is 94.0 Å². The molecule has 1 heterocycles. The zero-order valence-electron chi connectivity index (χ0n) is 12.7. The van der Waals surface area contributed by atoms with E-state index in [1.165, 1.54) is 0 Å². The minimum Gasteiger partial charge on any atom is -0.353 e. The molecule has 3 N–H and O–H groups in total. The van der Waals surface area contributed by atoms with Crippen LogP contribution in [-0.4, -0.2) is 28.6 Å². The lowest BCUT2D eigenvalue weighted by Crippen LogP contribution is -2.39. The maximum absolute atomic E-state index is 11.9. The van der Waals surface area contributed by atoms with Gasteiger partial charge in [-0.25, -0.2) is 0 Å². The molecule has 0 radical (unpaired) electrons. The van der Waals surface area contributed by atoms with Crippen molar-refractivity contribution < 1.29 is 9.32 Å². The van der Waals surface area contributed by atoms with Gasteiger partial charge in [-0.3, -0.25) is 4.79 Å². The van der Waals surface area contributed by atoms with Gasteiger partial charge in [0.2, 0.25) is 11.8 Å². The highest BCUT2D eigenvalue weighted by atomic mass is 35.5. The molecule has 21 heavy (non-hydrogen) atoms. The second-order valence-corrected chi connectivity index (χ2v) is 5.80. The van der Waals surface area contributed by atoms with Gasteiger partial charge in [0.25, 0.3) is 0 Å². The van der Waals surface area contributed by atoms with Gasteiger partial charge in [-0.2, -0.15) is 4.98 Å². The molecule has 0 saturated heterocycles. The van der Waals surface area contributed by atoms with E-state index in [0.717, 1.165) is 19.3 Å². The number of hydrogen-bond donors (Lipinski definition) is 2. The van der Waals surface area contributed by atoms with Gasteiger partial charge in [0.05, 0.1) is 0 Å². The Kier molecular flexibility index (Phi) is 7.11. The summed E-state index contributed by atoms with van der Waals surface area (Å²) in [4.78, 5) is 16.2. The third-order valence-corrected chi connectivity index (χ3v) is 3.87. The first kappa shape index (κ1) is 17.9. The standard InChI is InChI=1S/C14H24N4O2.ClH/c1-9(2)14-17-13(20-18-14)7-6-12(19)16-11-5-3-4-10(11)8-15;/h9-11H,3-8,15H2,1-2H3,(H,16,19);1H. The number of halogens is 1. The summed E-state index contributed by atoms with van der Waals surface area (Å²) in [6.45, 7) is 4.66. The van der Waals surface area contributed by atoms with Crippen LogP contribution in [0.3, 0.4) is 0 Å². The quantitative estimate of drug-likeness (QED) is 0.834. The monoisotopic (exact) mass is 316 g/mol. The summed E-state index contributed by atoms with van der Waals surface area (Å²) in [5.74, 6) is 1.93. The first-order valence-corrected chi connectivity index (χ1v) is 7.42. The molecule has 2 rings (SSSR count). The highest BCUT2D eigenvalue weighted by Crippen LogP contribution is 2.24. The van der Waals surface area contributed by atoms with E-state index in [1.54, 1.807) is 0 Å². The predicted molar refractivity (Wildman–Crippen MR) is 82.3 cm³/mol. The molecule has 2 atom stereocenters. The van der Waals surface area contributed by atoms with Crippen LogP contribution in [0.5, 0.6) is 0 Å². The number of hydrogen-bond acceptors (Lipinski definition) is 5. The van der Waals surface area contributed by atoms with Gasteiger partial charge in [-0.15, -0.1) is 12.4 Å². The van der Waals surface area contributed by atoms with Gasteiger partial charge in [-0.05, 0) is 25.3 Å². The van der Waals surface area contributed by atoms with Gasteiger partial charge < -0.3 is 15.6 Å². The number of aryl methyl sites for hydroxylation is 1. The number of carbonyl (C=O) groups is 1. The molecule has 0 aliphatic heterocycles. The molecule has 6 nitrogen and oxygen atoms in total. The van der Waals surface area contributed by atoms with Crippen LogP contribution < -0.4 is 11.1 Å². The van der Waals surface area contributed by atoms with E-state index in [2.05, 4.69) is 15.5 Å². The van der Waals surface area contributed by atoms with Gasteiger partial charge in [-0.1, -0.05) is 25.4 Å². The molecular weight excluding hydrogens is 292 g/mol. The van der Waals surface area contributed by atoms with Gasteiger partial charge in [0.1, 0.15) is 0 Å². The Balaban J connectivity index is 0.00000220. The van der Waals surface area contributed by atoms with E-state index < -0.39 is 0 Å². The summed E-state index contributed by atoms with van der Waals surface area (Å²) in [5, 5.41) is 6.96. The van der Waals surface area contributed by atoms with E-state index in [4.69, 9.17) is 10.3 Å². The molecule has 1 fully saturated rings. The normalized spacial score (nSPS) is 21.3. The summed E-state index contributed by atoms with van der Waals surface area (Å²) < 4.78 is 5.13. The molecule has 7 heteroatoms. The molecule has 1 aromatic heterocycles. The molecule has 1 saturated carbocycles. The van der Waals surface area contributed by atoms with Crippen LogP contribution in [0.1, 0.15) is 57.2 Å². The van der Waals surface area contributed by atoms with Gasteiger partial charge >= 0.3 is 0 Å². The molecule has 1 amide bonds. The Bertz CT molecular complexity index is 450. The number of aromatic nitrogens is 2. The smallest absolute Gasteiger partial charge is 0.227 e. The molecule has 0 aromatic carbocycles. The zero-order chi connectivity index (χ0) is 14.5. The van der Waals surface area contributed by atoms with Crippen LogP contribution >= 0.6 is 12.4 Å². The van der Waals surface area contributed by atoms with Crippen molar-refractivity contribution in [3.8, 4) is 0 Å². The molecule has 120 valence electrons. The predicted octanol–water partition coefficient (Wildman–Crippen LogP) is 1.79. The van der Waals surface area contributed by atoms with Crippen molar-refractivity contribution >= 4 is 18.3 Å². The highest BCUT2D eigenvalue weighted by molar-refractivity contribution is 5.85. The average Bonchev–Trinajstić information content (AvgIpc) is 3.04. The molecule has 1 aliphatic rings. The van der Waals surface area contributed by atoms with Crippen LogP contribution in [0.2, 0.25) is 0 Å². The Labute approximate surface area is 131 Å². The fraction of sp³-hybridized carbons (Fsp3) is 0.786. The summed E-state index contributed by atoms with van der Waals surface area (Å²) in [6.07, 6.45) is 4.17. The number of carbonyl (C=O) groups excluding carboxylic acids is 1. The van der Waals surface area contributed by atoms with E-state index in [-0.39, 0.29) is 30.3 Å². The van der Waals surface area contributed by atoms with Gasteiger partial charge in [0, 0.05) is 24.8 Å². The summed E-state index contributed by atoms with van der Waals surface area (Å²) in [5.41, 5.74) is 5.71. The van der Waals surface area contributed by atoms with Crippen molar-refractivity contribution in [1.29, 1.82) is 0 Å². The Hall–Kier alpha value is -1.14. The lowest BCUT2D eigenvalue weighted by atomic mass is 10.0. The fourth-order valence-electron chi connectivity index (χ4n) is 2.61. The van der Waals surface area contributed by atoms with Crippen molar-refractivity contribution in [3.63, 3.8) is 0 Å². The first-order chi connectivity index (χ1) is 9.60. The van der Waals surface area contributed by atoms with Crippen molar-refractivity contribution in [2.24, 2.45) is 11.7 Å². The minimum absolute atomic E-state index is 0. The van der Waals surface area contributed by atoms with Crippen LogP contribution in [0.4, 0.5) is 0 Å². The second kappa shape index (κ2) is 8.34.